The zero-order valence-electron chi connectivity index (χ0n) is 11.8. The van der Waals surface area contributed by atoms with Gasteiger partial charge in [0.15, 0.2) is 5.16 Å². The maximum atomic E-state index is 10.7. The van der Waals surface area contributed by atoms with Gasteiger partial charge in [0.05, 0.1) is 5.75 Å². The van der Waals surface area contributed by atoms with Gasteiger partial charge in [-0.05, 0) is 24.2 Å². The van der Waals surface area contributed by atoms with Gasteiger partial charge >= 0.3 is 5.97 Å². The fourth-order valence-electron chi connectivity index (χ4n) is 2.55. The van der Waals surface area contributed by atoms with E-state index in [1.165, 1.54) is 36.7 Å². The van der Waals surface area contributed by atoms with Crippen LogP contribution in [-0.2, 0) is 11.3 Å². The average Bonchev–Trinajstić information content (AvgIpc) is 2.67. The molecule has 0 spiro atoms. The van der Waals surface area contributed by atoms with Crippen LogP contribution in [0.2, 0.25) is 0 Å². The Balaban J connectivity index is 2.20. The molecule has 1 heterocycles. The average molecular weight is 282 g/mol. The normalized spacial score (nSPS) is 17.5. The molecule has 1 fully saturated rings. The van der Waals surface area contributed by atoms with Gasteiger partial charge in [-0.3, -0.25) is 4.79 Å². The summed E-state index contributed by atoms with van der Waals surface area (Å²) in [7, 11) is 0. The van der Waals surface area contributed by atoms with E-state index in [0.29, 0.717) is 11.3 Å². The Labute approximate surface area is 118 Å². The summed E-state index contributed by atoms with van der Waals surface area (Å²) in [5.41, 5.74) is 1.57. The number of hydrogen-bond acceptors (Lipinski definition) is 3. The lowest BCUT2D eigenvalue weighted by molar-refractivity contribution is -0.133. The Kier molecular flexibility index (Phi) is 4.23. The van der Waals surface area contributed by atoms with Crippen molar-refractivity contribution >= 4 is 17.7 Å². The molecule has 106 valence electrons. The highest BCUT2D eigenvalue weighted by molar-refractivity contribution is 7.99. The van der Waals surface area contributed by atoms with Crippen molar-refractivity contribution in [2.75, 3.05) is 5.75 Å². The van der Waals surface area contributed by atoms with E-state index in [1.54, 1.807) is 0 Å². The number of rotatable bonds is 6. The van der Waals surface area contributed by atoms with Crippen LogP contribution in [-0.4, -0.2) is 26.4 Å². The van der Waals surface area contributed by atoms with Crippen LogP contribution in [0.25, 0.3) is 0 Å². The third kappa shape index (κ3) is 3.32. The predicted molar refractivity (Wildman–Crippen MR) is 76.6 cm³/mol. The molecule has 0 amide bonds. The first-order valence-electron chi connectivity index (χ1n) is 6.81. The SMILES string of the molecule is CC(C)c1cnc(SCC(=O)O)n1CC1(C)CCC1. The number of carbonyl (C=O) groups is 1. The van der Waals surface area contributed by atoms with Gasteiger partial charge in [-0.15, -0.1) is 0 Å². The summed E-state index contributed by atoms with van der Waals surface area (Å²) >= 11 is 1.32. The maximum absolute atomic E-state index is 10.7. The van der Waals surface area contributed by atoms with Crippen LogP contribution in [0.3, 0.4) is 0 Å². The monoisotopic (exact) mass is 282 g/mol. The van der Waals surface area contributed by atoms with E-state index in [4.69, 9.17) is 5.11 Å². The molecular formula is C14H22N2O2S. The Morgan fingerprint density at radius 3 is 2.74 bits per heavy atom. The number of imidazole rings is 1. The van der Waals surface area contributed by atoms with Crippen molar-refractivity contribution in [3.8, 4) is 0 Å². The van der Waals surface area contributed by atoms with E-state index in [1.807, 2.05) is 6.20 Å². The fraction of sp³-hybridized carbons (Fsp3) is 0.714. The van der Waals surface area contributed by atoms with Crippen LogP contribution in [0.1, 0.15) is 51.6 Å². The third-order valence-electron chi connectivity index (χ3n) is 3.87. The maximum Gasteiger partial charge on any atom is 0.313 e. The molecule has 0 radical (unpaired) electrons. The highest BCUT2D eigenvalue weighted by atomic mass is 32.2. The number of aliphatic carboxylic acids is 1. The number of carboxylic acid groups (broad SMARTS) is 1. The molecule has 4 nitrogen and oxygen atoms in total. The molecule has 1 aliphatic rings. The molecule has 0 saturated heterocycles. The van der Waals surface area contributed by atoms with Gasteiger partial charge in [0, 0.05) is 18.4 Å². The van der Waals surface area contributed by atoms with Gasteiger partial charge in [-0.25, -0.2) is 4.98 Å². The Hall–Kier alpha value is -0.970. The number of thioether (sulfide) groups is 1. The second-order valence-electron chi connectivity index (χ2n) is 6.05. The van der Waals surface area contributed by atoms with Crippen molar-refractivity contribution in [3.05, 3.63) is 11.9 Å². The minimum Gasteiger partial charge on any atom is -0.481 e. The lowest BCUT2D eigenvalue weighted by atomic mass is 9.70. The molecular weight excluding hydrogens is 260 g/mol. The first-order valence-corrected chi connectivity index (χ1v) is 7.80. The molecule has 0 aliphatic heterocycles. The highest BCUT2D eigenvalue weighted by Crippen LogP contribution is 2.43. The topological polar surface area (TPSA) is 55.1 Å². The molecule has 5 heteroatoms. The fourth-order valence-corrected chi connectivity index (χ4v) is 3.26. The molecule has 1 aromatic rings. The molecule has 1 aromatic heterocycles. The van der Waals surface area contributed by atoms with Crippen LogP contribution in [0.5, 0.6) is 0 Å². The van der Waals surface area contributed by atoms with Crippen LogP contribution >= 0.6 is 11.8 Å². The second kappa shape index (κ2) is 5.57. The van der Waals surface area contributed by atoms with Crippen molar-refractivity contribution < 1.29 is 9.90 Å². The number of nitrogens with zero attached hydrogens (tertiary/aromatic N) is 2. The summed E-state index contributed by atoms with van der Waals surface area (Å²) in [6.07, 6.45) is 5.72. The molecule has 19 heavy (non-hydrogen) atoms. The minimum atomic E-state index is -0.791. The molecule has 0 bridgehead atoms. The minimum absolute atomic E-state index is 0.0747. The predicted octanol–water partition coefficient (Wildman–Crippen LogP) is 3.37. The van der Waals surface area contributed by atoms with Gasteiger partial charge in [-0.2, -0.15) is 0 Å². The highest BCUT2D eigenvalue weighted by Gasteiger charge is 2.33. The van der Waals surface area contributed by atoms with Crippen LogP contribution in [0, 0.1) is 5.41 Å². The van der Waals surface area contributed by atoms with E-state index in [9.17, 15) is 4.79 Å². The van der Waals surface area contributed by atoms with Gasteiger partial charge in [0.2, 0.25) is 0 Å². The third-order valence-corrected chi connectivity index (χ3v) is 4.84. The number of carboxylic acids is 1. The van der Waals surface area contributed by atoms with Gasteiger partial charge in [0.1, 0.15) is 0 Å². The van der Waals surface area contributed by atoms with E-state index < -0.39 is 5.97 Å². The zero-order chi connectivity index (χ0) is 14.0. The van der Waals surface area contributed by atoms with Crippen molar-refractivity contribution in [1.29, 1.82) is 0 Å². The van der Waals surface area contributed by atoms with Crippen molar-refractivity contribution in [2.24, 2.45) is 5.41 Å². The summed E-state index contributed by atoms with van der Waals surface area (Å²) < 4.78 is 2.23. The van der Waals surface area contributed by atoms with Crippen molar-refractivity contribution in [1.82, 2.24) is 9.55 Å². The quantitative estimate of drug-likeness (QED) is 0.813. The lowest BCUT2D eigenvalue weighted by Crippen LogP contribution is -2.31. The van der Waals surface area contributed by atoms with Crippen LogP contribution in [0.15, 0.2) is 11.4 Å². The Morgan fingerprint density at radius 2 is 2.26 bits per heavy atom. The van der Waals surface area contributed by atoms with Gasteiger partial charge < -0.3 is 9.67 Å². The van der Waals surface area contributed by atoms with Crippen LogP contribution < -0.4 is 0 Å². The molecule has 1 N–H and O–H groups in total. The van der Waals surface area contributed by atoms with E-state index in [0.717, 1.165) is 11.7 Å². The molecule has 2 rings (SSSR count). The summed E-state index contributed by atoms with van der Waals surface area (Å²) in [5.74, 6) is -0.304. The molecule has 0 atom stereocenters. The van der Waals surface area contributed by atoms with Crippen LogP contribution in [0.4, 0.5) is 0 Å². The summed E-state index contributed by atoms with van der Waals surface area (Å²) in [5, 5.41) is 9.66. The second-order valence-corrected chi connectivity index (χ2v) is 7.00. The summed E-state index contributed by atoms with van der Waals surface area (Å²) in [6, 6.07) is 0. The largest absolute Gasteiger partial charge is 0.481 e. The van der Waals surface area contributed by atoms with E-state index in [2.05, 4.69) is 30.3 Å². The van der Waals surface area contributed by atoms with Gasteiger partial charge in [-0.1, -0.05) is 39.0 Å². The number of aromatic nitrogens is 2. The summed E-state index contributed by atoms with van der Waals surface area (Å²) in [4.78, 5) is 15.1. The summed E-state index contributed by atoms with van der Waals surface area (Å²) in [6.45, 7) is 7.58. The Bertz CT molecular complexity index is 464. The molecule has 1 saturated carbocycles. The molecule has 1 aliphatic carbocycles. The van der Waals surface area contributed by atoms with E-state index in [-0.39, 0.29) is 5.75 Å². The van der Waals surface area contributed by atoms with E-state index >= 15 is 0 Å². The first kappa shape index (κ1) is 14.4. The van der Waals surface area contributed by atoms with Gasteiger partial charge in [0.25, 0.3) is 0 Å². The zero-order valence-corrected chi connectivity index (χ0v) is 12.7. The molecule has 0 aromatic carbocycles. The standard InChI is InChI=1S/C14H22N2O2S/c1-10(2)11-7-15-13(19-8-12(17)18)16(11)9-14(3)5-4-6-14/h7,10H,4-6,8-9H2,1-3H3,(H,17,18). The number of hydrogen-bond donors (Lipinski definition) is 1. The molecule has 0 unspecified atom stereocenters. The Morgan fingerprint density at radius 1 is 1.58 bits per heavy atom. The smallest absolute Gasteiger partial charge is 0.313 e. The first-order chi connectivity index (χ1) is 8.91. The van der Waals surface area contributed by atoms with Crippen molar-refractivity contribution in [3.63, 3.8) is 0 Å². The van der Waals surface area contributed by atoms with Crippen molar-refractivity contribution in [2.45, 2.75) is 57.7 Å². The lowest BCUT2D eigenvalue weighted by Gasteiger charge is -2.39.